The Morgan fingerprint density at radius 3 is 2.75 bits per heavy atom. The summed E-state index contributed by atoms with van der Waals surface area (Å²) in [5.74, 6) is 0.614. The van der Waals surface area contributed by atoms with E-state index in [0.717, 1.165) is 6.42 Å². The van der Waals surface area contributed by atoms with E-state index in [9.17, 15) is 9.59 Å². The molecule has 6 nitrogen and oxygen atoms in total. The number of carbonyl (C=O) groups excluding carboxylic acids is 2. The number of anilines is 1. The summed E-state index contributed by atoms with van der Waals surface area (Å²) < 4.78 is 5.45. The number of nitrogens with zero attached hydrogens (tertiary/aromatic N) is 1. The van der Waals surface area contributed by atoms with Crippen molar-refractivity contribution < 1.29 is 14.3 Å². The van der Waals surface area contributed by atoms with Gasteiger partial charge in [0.25, 0.3) is 0 Å². The molecule has 1 saturated heterocycles. The van der Waals surface area contributed by atoms with Crippen LogP contribution in [-0.4, -0.2) is 43.0 Å². The van der Waals surface area contributed by atoms with Crippen LogP contribution in [0.5, 0.6) is 5.75 Å². The molecular weight excluding hydrogens is 258 g/mol. The van der Waals surface area contributed by atoms with E-state index >= 15 is 0 Å². The molecule has 20 heavy (non-hydrogen) atoms. The quantitative estimate of drug-likeness (QED) is 0.582. The van der Waals surface area contributed by atoms with Crippen LogP contribution in [0, 0.1) is 0 Å². The fourth-order valence-electron chi connectivity index (χ4n) is 2.02. The van der Waals surface area contributed by atoms with Crippen LogP contribution in [0.3, 0.4) is 0 Å². The van der Waals surface area contributed by atoms with Gasteiger partial charge in [-0.25, -0.2) is 0 Å². The van der Waals surface area contributed by atoms with Crippen LogP contribution < -0.4 is 15.8 Å². The van der Waals surface area contributed by atoms with E-state index in [1.807, 2.05) is 0 Å². The molecule has 1 aromatic carbocycles. The van der Waals surface area contributed by atoms with Gasteiger partial charge >= 0.3 is 0 Å². The minimum Gasteiger partial charge on any atom is -0.492 e. The highest BCUT2D eigenvalue weighted by atomic mass is 16.5. The van der Waals surface area contributed by atoms with Gasteiger partial charge in [0, 0.05) is 18.7 Å². The van der Waals surface area contributed by atoms with Gasteiger partial charge in [0.05, 0.1) is 13.1 Å². The van der Waals surface area contributed by atoms with Crippen molar-refractivity contribution in [2.75, 3.05) is 32.0 Å². The molecule has 0 atom stereocenters. The van der Waals surface area contributed by atoms with Crippen LogP contribution in [0.4, 0.5) is 5.69 Å². The average molecular weight is 277 g/mol. The molecule has 0 aromatic heterocycles. The fraction of sp³-hybridized carbons (Fsp3) is 0.429. The summed E-state index contributed by atoms with van der Waals surface area (Å²) in [6, 6.07) is 7.07. The van der Waals surface area contributed by atoms with Crippen LogP contribution >= 0.6 is 0 Å². The fourth-order valence-corrected chi connectivity index (χ4v) is 2.02. The van der Waals surface area contributed by atoms with Crippen molar-refractivity contribution in [2.45, 2.75) is 12.8 Å². The van der Waals surface area contributed by atoms with Gasteiger partial charge in [0.2, 0.25) is 11.8 Å². The third-order valence-corrected chi connectivity index (χ3v) is 3.08. The summed E-state index contributed by atoms with van der Waals surface area (Å²) >= 11 is 0. The molecule has 0 aliphatic carbocycles. The minimum absolute atomic E-state index is 0.0540. The molecule has 108 valence electrons. The first kappa shape index (κ1) is 14.2. The highest BCUT2D eigenvalue weighted by Gasteiger charge is 2.21. The summed E-state index contributed by atoms with van der Waals surface area (Å²) in [6.45, 7) is 1.60. The van der Waals surface area contributed by atoms with Crippen molar-refractivity contribution in [3.8, 4) is 5.75 Å². The highest BCUT2D eigenvalue weighted by molar-refractivity contribution is 5.85. The van der Waals surface area contributed by atoms with Crippen molar-refractivity contribution in [1.29, 1.82) is 0 Å². The second-order valence-electron chi connectivity index (χ2n) is 4.69. The minimum atomic E-state index is -0.152. The monoisotopic (exact) mass is 277 g/mol. The number of likely N-dealkylation sites (tertiary alicyclic amines) is 1. The topological polar surface area (TPSA) is 84.7 Å². The number of ether oxygens (including phenoxy) is 1. The average Bonchev–Trinajstić information content (AvgIpc) is 2.82. The Morgan fingerprint density at radius 1 is 1.35 bits per heavy atom. The Hall–Kier alpha value is -2.24. The predicted octanol–water partition coefficient (Wildman–Crippen LogP) is 0.386. The maximum atomic E-state index is 11.6. The normalized spacial score (nSPS) is 14.4. The van der Waals surface area contributed by atoms with Gasteiger partial charge in [-0.2, -0.15) is 0 Å². The standard InChI is InChI=1S/C14H19N3O3/c15-11-3-5-12(6-4-11)20-9-7-16-13(18)10-17-8-1-2-14(17)19/h3-6H,1-2,7-10,15H2,(H,16,18). The van der Waals surface area contributed by atoms with E-state index in [1.165, 1.54) is 0 Å². The van der Waals surface area contributed by atoms with Crippen molar-refractivity contribution in [2.24, 2.45) is 0 Å². The molecule has 1 aromatic rings. The second-order valence-corrected chi connectivity index (χ2v) is 4.69. The predicted molar refractivity (Wildman–Crippen MR) is 75.2 cm³/mol. The summed E-state index contributed by atoms with van der Waals surface area (Å²) in [7, 11) is 0. The lowest BCUT2D eigenvalue weighted by Crippen LogP contribution is -2.39. The maximum Gasteiger partial charge on any atom is 0.239 e. The van der Waals surface area contributed by atoms with E-state index < -0.39 is 0 Å². The lowest BCUT2D eigenvalue weighted by atomic mass is 10.3. The first-order valence-corrected chi connectivity index (χ1v) is 6.68. The van der Waals surface area contributed by atoms with Crippen LogP contribution in [0.25, 0.3) is 0 Å². The van der Waals surface area contributed by atoms with E-state index in [0.29, 0.717) is 37.6 Å². The molecular formula is C14H19N3O3. The molecule has 2 amide bonds. The smallest absolute Gasteiger partial charge is 0.239 e. The second kappa shape index (κ2) is 6.79. The molecule has 2 rings (SSSR count). The number of hydrogen-bond donors (Lipinski definition) is 2. The van der Waals surface area contributed by atoms with E-state index in [2.05, 4.69) is 5.32 Å². The number of nitrogens with two attached hydrogens (primary N) is 1. The van der Waals surface area contributed by atoms with Crippen LogP contribution in [0.2, 0.25) is 0 Å². The number of benzene rings is 1. The molecule has 1 fully saturated rings. The van der Waals surface area contributed by atoms with E-state index in [-0.39, 0.29) is 18.4 Å². The van der Waals surface area contributed by atoms with Gasteiger partial charge in [0.15, 0.2) is 0 Å². The molecule has 1 aliphatic rings. The van der Waals surface area contributed by atoms with Gasteiger partial charge in [-0.15, -0.1) is 0 Å². The molecule has 1 heterocycles. The highest BCUT2D eigenvalue weighted by Crippen LogP contribution is 2.12. The van der Waals surface area contributed by atoms with Crippen LogP contribution in [-0.2, 0) is 9.59 Å². The van der Waals surface area contributed by atoms with Gasteiger partial charge in [0.1, 0.15) is 12.4 Å². The summed E-state index contributed by atoms with van der Waals surface area (Å²) in [5, 5.41) is 2.73. The molecule has 3 N–H and O–H groups in total. The molecule has 0 unspecified atom stereocenters. The number of rotatable bonds is 6. The van der Waals surface area contributed by atoms with Crippen molar-refractivity contribution in [3.63, 3.8) is 0 Å². The molecule has 6 heteroatoms. The number of carbonyl (C=O) groups is 2. The van der Waals surface area contributed by atoms with E-state index in [4.69, 9.17) is 10.5 Å². The Labute approximate surface area is 117 Å². The SMILES string of the molecule is Nc1ccc(OCCNC(=O)CN2CCCC2=O)cc1. The summed E-state index contributed by atoms with van der Waals surface area (Å²) in [5.41, 5.74) is 6.25. The van der Waals surface area contributed by atoms with Crippen molar-refractivity contribution >= 4 is 17.5 Å². The van der Waals surface area contributed by atoms with E-state index in [1.54, 1.807) is 29.2 Å². The number of nitrogen functional groups attached to an aromatic ring is 1. The molecule has 0 radical (unpaired) electrons. The van der Waals surface area contributed by atoms with Crippen LogP contribution in [0.1, 0.15) is 12.8 Å². The molecule has 1 aliphatic heterocycles. The van der Waals surface area contributed by atoms with Gasteiger partial charge in [-0.1, -0.05) is 0 Å². The lowest BCUT2D eigenvalue weighted by Gasteiger charge is -2.15. The number of amides is 2. The largest absolute Gasteiger partial charge is 0.492 e. The molecule has 0 saturated carbocycles. The van der Waals surface area contributed by atoms with Gasteiger partial charge in [-0.05, 0) is 30.7 Å². The zero-order chi connectivity index (χ0) is 14.4. The maximum absolute atomic E-state index is 11.6. The third kappa shape index (κ3) is 4.15. The number of nitrogens with one attached hydrogen (secondary N) is 1. The first-order valence-electron chi connectivity index (χ1n) is 6.68. The van der Waals surface area contributed by atoms with Gasteiger partial charge in [-0.3, -0.25) is 9.59 Å². The third-order valence-electron chi connectivity index (χ3n) is 3.08. The Balaban J connectivity index is 1.62. The summed E-state index contributed by atoms with van der Waals surface area (Å²) in [6.07, 6.45) is 1.39. The Bertz CT molecular complexity index is 473. The Kier molecular flexibility index (Phi) is 4.81. The van der Waals surface area contributed by atoms with Crippen molar-refractivity contribution in [3.05, 3.63) is 24.3 Å². The lowest BCUT2D eigenvalue weighted by molar-refractivity contribution is -0.133. The molecule has 0 spiro atoms. The zero-order valence-corrected chi connectivity index (χ0v) is 11.3. The van der Waals surface area contributed by atoms with Crippen LogP contribution in [0.15, 0.2) is 24.3 Å². The van der Waals surface area contributed by atoms with Gasteiger partial charge < -0.3 is 20.7 Å². The number of hydrogen-bond acceptors (Lipinski definition) is 4. The molecule has 0 bridgehead atoms. The summed E-state index contributed by atoms with van der Waals surface area (Å²) in [4.78, 5) is 24.6. The first-order chi connectivity index (χ1) is 9.65. The Morgan fingerprint density at radius 2 is 2.10 bits per heavy atom. The van der Waals surface area contributed by atoms with Crippen molar-refractivity contribution in [1.82, 2.24) is 10.2 Å². The zero-order valence-electron chi connectivity index (χ0n) is 11.3.